The molecular formula is C31H40N8O2. The van der Waals surface area contributed by atoms with Crippen LogP contribution in [-0.2, 0) is 4.79 Å². The Morgan fingerprint density at radius 3 is 2.54 bits per heavy atom. The molecule has 2 aliphatic rings. The van der Waals surface area contributed by atoms with Crippen molar-refractivity contribution >= 4 is 53.1 Å². The molecule has 0 spiro atoms. The fourth-order valence-corrected chi connectivity index (χ4v) is 5.49. The summed E-state index contributed by atoms with van der Waals surface area (Å²) in [5.74, 6) is 0.311. The van der Waals surface area contributed by atoms with Gasteiger partial charge in [-0.05, 0) is 63.1 Å². The molecule has 0 aliphatic carbocycles. The van der Waals surface area contributed by atoms with Crippen LogP contribution in [0, 0.1) is 5.41 Å². The quantitative estimate of drug-likeness (QED) is 0.181. The van der Waals surface area contributed by atoms with Crippen molar-refractivity contribution in [3.05, 3.63) is 60.2 Å². The summed E-state index contributed by atoms with van der Waals surface area (Å²) in [4.78, 5) is 26.2. The second kappa shape index (κ2) is 14.3. The minimum absolute atomic E-state index is 0.286. The number of piperidine rings is 1. The molecule has 1 amide bonds. The number of ether oxygens (including phenoxy) is 1. The topological polar surface area (TPSA) is 131 Å². The van der Waals surface area contributed by atoms with Gasteiger partial charge in [0.25, 0.3) is 0 Å². The van der Waals surface area contributed by atoms with E-state index in [4.69, 9.17) is 15.9 Å². The van der Waals surface area contributed by atoms with Crippen LogP contribution in [-0.4, -0.2) is 76.0 Å². The van der Waals surface area contributed by atoms with Crippen molar-refractivity contribution in [1.29, 1.82) is 5.41 Å². The molecule has 4 rings (SSSR count). The Bertz CT molecular complexity index is 1340. The lowest BCUT2D eigenvalue weighted by atomic mass is 10.0. The second-order valence-electron chi connectivity index (χ2n) is 10.0. The first-order valence-electron chi connectivity index (χ1n) is 14.0. The summed E-state index contributed by atoms with van der Waals surface area (Å²) < 4.78 is 5.73. The average Bonchev–Trinajstić information content (AvgIpc) is 3.55. The second-order valence-corrected chi connectivity index (χ2v) is 10.0. The highest BCUT2D eigenvalue weighted by atomic mass is 16.5. The highest BCUT2D eigenvalue weighted by Gasteiger charge is 2.28. The van der Waals surface area contributed by atoms with Crippen molar-refractivity contribution in [2.75, 3.05) is 55.9 Å². The summed E-state index contributed by atoms with van der Waals surface area (Å²) >= 11 is 0. The molecule has 0 bridgehead atoms. The number of anilines is 3. The predicted molar refractivity (Wildman–Crippen MR) is 171 cm³/mol. The van der Waals surface area contributed by atoms with Gasteiger partial charge in [0.1, 0.15) is 11.4 Å². The maximum atomic E-state index is 12.4. The van der Waals surface area contributed by atoms with Crippen LogP contribution in [0.3, 0.4) is 0 Å². The summed E-state index contributed by atoms with van der Waals surface area (Å²) in [6.45, 7) is 7.81. The number of hydrogen-bond acceptors (Lipinski definition) is 8. The van der Waals surface area contributed by atoms with Crippen molar-refractivity contribution in [3.8, 4) is 5.75 Å². The Morgan fingerprint density at radius 2 is 1.90 bits per heavy atom. The first-order chi connectivity index (χ1) is 20.0. The molecule has 0 atom stereocenters. The van der Waals surface area contributed by atoms with E-state index in [0.717, 1.165) is 48.4 Å². The summed E-state index contributed by atoms with van der Waals surface area (Å²) in [6.07, 6.45) is 11.9. The molecule has 2 saturated heterocycles. The van der Waals surface area contributed by atoms with Crippen LogP contribution < -0.4 is 26.0 Å². The molecule has 41 heavy (non-hydrogen) atoms. The van der Waals surface area contributed by atoms with E-state index in [1.807, 2.05) is 30.3 Å². The fourth-order valence-electron chi connectivity index (χ4n) is 5.49. The molecule has 0 radical (unpaired) electrons. The maximum absolute atomic E-state index is 12.4. The Morgan fingerprint density at radius 1 is 1.15 bits per heavy atom. The lowest BCUT2D eigenvalue weighted by molar-refractivity contribution is -0.111. The number of likely N-dealkylation sites (tertiary alicyclic amines) is 1. The number of hydrogen-bond donors (Lipinski definition) is 4. The van der Waals surface area contributed by atoms with Gasteiger partial charge in [0.15, 0.2) is 0 Å². The average molecular weight is 557 g/mol. The zero-order valence-corrected chi connectivity index (χ0v) is 23.9. The number of allylic oxidation sites excluding steroid dienone is 1. The van der Waals surface area contributed by atoms with Crippen molar-refractivity contribution < 1.29 is 9.53 Å². The van der Waals surface area contributed by atoms with Crippen LogP contribution in [0.25, 0.3) is 5.70 Å². The van der Waals surface area contributed by atoms with Gasteiger partial charge < -0.3 is 36.3 Å². The highest BCUT2D eigenvalue weighted by molar-refractivity contribution is 6.02. The molecule has 0 unspecified atom stereocenters. The van der Waals surface area contributed by atoms with Gasteiger partial charge in [0, 0.05) is 61.5 Å². The number of nitrogens with two attached hydrogens (primary N) is 1. The molecule has 2 fully saturated rings. The number of aliphatic imine (C=N–C) groups is 2. The van der Waals surface area contributed by atoms with Crippen LogP contribution in [0.5, 0.6) is 5.75 Å². The van der Waals surface area contributed by atoms with Gasteiger partial charge in [-0.1, -0.05) is 18.7 Å². The Kier molecular flexibility index (Phi) is 10.3. The van der Waals surface area contributed by atoms with E-state index in [2.05, 4.69) is 37.0 Å². The largest absolute Gasteiger partial charge is 0.494 e. The van der Waals surface area contributed by atoms with Gasteiger partial charge in [0.05, 0.1) is 30.5 Å². The molecular weight excluding hydrogens is 516 g/mol. The molecule has 10 nitrogen and oxygen atoms in total. The van der Waals surface area contributed by atoms with E-state index in [9.17, 15) is 4.79 Å². The summed E-state index contributed by atoms with van der Waals surface area (Å²) in [6, 6.07) is 10.0. The number of methoxy groups -OCH3 is 1. The number of carbonyl (C=O) groups is 1. The molecule has 2 aromatic carbocycles. The zero-order valence-electron chi connectivity index (χ0n) is 23.9. The van der Waals surface area contributed by atoms with Crippen molar-refractivity contribution in [3.63, 3.8) is 0 Å². The normalized spacial score (nSPS) is 16.8. The minimum atomic E-state index is -0.286. The Balaban J connectivity index is 1.62. The van der Waals surface area contributed by atoms with Crippen LogP contribution >= 0.6 is 0 Å². The van der Waals surface area contributed by atoms with Crippen LogP contribution in [0.2, 0.25) is 0 Å². The van der Waals surface area contributed by atoms with E-state index in [-0.39, 0.29) is 5.91 Å². The molecule has 216 valence electrons. The number of nitrogens with zero attached hydrogens (tertiary/aromatic N) is 4. The number of amides is 1. The number of benzene rings is 2. The van der Waals surface area contributed by atoms with E-state index in [0.29, 0.717) is 28.9 Å². The van der Waals surface area contributed by atoms with E-state index < -0.39 is 0 Å². The van der Waals surface area contributed by atoms with Gasteiger partial charge in [-0.25, -0.2) is 4.99 Å². The molecule has 10 heteroatoms. The monoisotopic (exact) mass is 556 g/mol. The number of carbonyl (C=O) groups excluding carboxylic acids is 1. The molecule has 2 heterocycles. The van der Waals surface area contributed by atoms with Crippen LogP contribution in [0.15, 0.2) is 59.0 Å². The van der Waals surface area contributed by atoms with E-state index in [1.54, 1.807) is 26.4 Å². The lowest BCUT2D eigenvalue weighted by Gasteiger charge is -2.38. The van der Waals surface area contributed by atoms with Crippen LogP contribution in [0.1, 0.15) is 36.8 Å². The van der Waals surface area contributed by atoms with E-state index >= 15 is 0 Å². The van der Waals surface area contributed by atoms with E-state index in [1.165, 1.54) is 44.6 Å². The lowest BCUT2D eigenvalue weighted by Crippen LogP contribution is -2.44. The SMILES string of the molecule is C=CC(=O)Nc1cc(N=CC=C(N=CN)c2ccc(C=N)c(NC)c2)c(OC)cc1N1CCC(N2CCCC2)CC1. The molecule has 0 aromatic heterocycles. The number of nitrogens with one attached hydrogen (secondary N) is 3. The minimum Gasteiger partial charge on any atom is -0.494 e. The molecule has 0 saturated carbocycles. The maximum Gasteiger partial charge on any atom is 0.247 e. The van der Waals surface area contributed by atoms with Crippen molar-refractivity contribution in [2.45, 2.75) is 31.7 Å². The van der Waals surface area contributed by atoms with Crippen LogP contribution in [0.4, 0.5) is 22.7 Å². The molecule has 5 N–H and O–H groups in total. The fraction of sp³-hybridized carbons (Fsp3) is 0.355. The highest BCUT2D eigenvalue weighted by Crippen LogP contribution is 2.40. The Hall–Kier alpha value is -4.44. The summed E-state index contributed by atoms with van der Waals surface area (Å²) in [5, 5.41) is 13.7. The Labute approximate surface area is 242 Å². The third kappa shape index (κ3) is 7.20. The first kappa shape index (κ1) is 29.5. The first-order valence-corrected chi connectivity index (χ1v) is 14.0. The van der Waals surface area contributed by atoms with Crippen molar-refractivity contribution in [2.24, 2.45) is 15.7 Å². The molecule has 2 aromatic rings. The summed E-state index contributed by atoms with van der Waals surface area (Å²) in [5.41, 5.74) is 10.7. The van der Waals surface area contributed by atoms with Crippen molar-refractivity contribution in [1.82, 2.24) is 4.90 Å². The molecule has 2 aliphatic heterocycles. The van der Waals surface area contributed by atoms with Gasteiger partial charge in [-0.15, -0.1) is 0 Å². The summed E-state index contributed by atoms with van der Waals surface area (Å²) in [7, 11) is 3.42. The predicted octanol–water partition coefficient (Wildman–Crippen LogP) is 4.65. The zero-order chi connectivity index (χ0) is 29.2. The third-order valence-electron chi connectivity index (χ3n) is 7.64. The smallest absolute Gasteiger partial charge is 0.247 e. The van der Waals surface area contributed by atoms with Gasteiger partial charge in [0.2, 0.25) is 5.91 Å². The van der Waals surface area contributed by atoms with Gasteiger partial charge in [-0.3, -0.25) is 9.79 Å². The van der Waals surface area contributed by atoms with Gasteiger partial charge in [-0.2, -0.15) is 0 Å². The standard InChI is InChI=1S/C31H40N8O2/c1-4-31(40)37-27-18-28(35-12-9-25(36-21-33)22-7-8-23(20-32)26(17-22)34-2)30(41-3)19-29(27)39-15-10-24(11-16-39)38-13-5-6-14-38/h4,7-9,12,17-21,24,32,34H,1,5-6,10-11,13-16H2,2-3H3,(H2,33,36)(H,37,40). The third-order valence-corrected chi connectivity index (χ3v) is 7.64. The van der Waals surface area contributed by atoms with Gasteiger partial charge >= 0.3 is 0 Å². The number of rotatable bonds is 11.